The van der Waals surface area contributed by atoms with Crippen molar-refractivity contribution in [3.05, 3.63) is 58.5 Å². The highest BCUT2D eigenvalue weighted by atomic mass is 16.5. The number of aryl methyl sites for hydroxylation is 1. The van der Waals surface area contributed by atoms with Gasteiger partial charge in [0, 0.05) is 23.5 Å². The third-order valence-electron chi connectivity index (χ3n) is 4.66. The molecule has 0 unspecified atom stereocenters. The summed E-state index contributed by atoms with van der Waals surface area (Å²) in [7, 11) is 3.39. The molecule has 2 aromatic heterocycles. The van der Waals surface area contributed by atoms with Gasteiger partial charge in [-0.2, -0.15) is 0 Å². The molecule has 0 radical (unpaired) electrons. The highest BCUT2D eigenvalue weighted by Crippen LogP contribution is 2.33. The second kappa shape index (κ2) is 8.13. The van der Waals surface area contributed by atoms with E-state index in [1.807, 2.05) is 30.5 Å². The number of rotatable bonds is 8. The van der Waals surface area contributed by atoms with Crippen LogP contribution in [0.2, 0.25) is 0 Å². The van der Waals surface area contributed by atoms with Gasteiger partial charge in [-0.25, -0.2) is 4.99 Å². The quantitative estimate of drug-likeness (QED) is 0.672. The Labute approximate surface area is 154 Å². The van der Waals surface area contributed by atoms with Crippen LogP contribution in [0, 0.1) is 6.92 Å². The van der Waals surface area contributed by atoms with Gasteiger partial charge in [-0.15, -0.1) is 0 Å². The fourth-order valence-electron chi connectivity index (χ4n) is 3.30. The van der Waals surface area contributed by atoms with Crippen LogP contribution < -0.4 is 4.74 Å². The molecule has 0 saturated carbocycles. The largest absolute Gasteiger partial charge is 0.494 e. The summed E-state index contributed by atoms with van der Waals surface area (Å²) in [6, 6.07) is 3.95. The average molecular weight is 353 g/mol. The summed E-state index contributed by atoms with van der Waals surface area (Å²) in [5.41, 5.74) is 5.96. The van der Waals surface area contributed by atoms with Crippen molar-refractivity contribution < 1.29 is 9.47 Å². The fraction of sp³-hybridized carbons (Fsp3) is 0.381. The smallest absolute Gasteiger partial charge is 0.147 e. The average Bonchev–Trinajstić information content (AvgIpc) is 3.35. The minimum atomic E-state index is 0.747. The van der Waals surface area contributed by atoms with Crippen molar-refractivity contribution in [1.29, 1.82) is 0 Å². The number of nitrogens with one attached hydrogen (secondary N) is 2. The lowest BCUT2D eigenvalue weighted by Gasteiger charge is -2.06. The number of ether oxygens (including phenoxy) is 2. The second-order valence-electron chi connectivity index (χ2n) is 6.46. The van der Waals surface area contributed by atoms with Crippen LogP contribution in [-0.2, 0) is 11.2 Å². The summed E-state index contributed by atoms with van der Waals surface area (Å²) in [4.78, 5) is 11.4. The molecule has 0 aliphatic carbocycles. The van der Waals surface area contributed by atoms with Gasteiger partial charge in [0.05, 0.1) is 31.3 Å². The molecule has 138 valence electrons. The highest BCUT2D eigenvalue weighted by molar-refractivity contribution is 6.11. The number of hydrogen-bond acceptors (Lipinski definition) is 3. The number of allylic oxidation sites excluding steroid dienone is 1. The topological polar surface area (TPSA) is 62.4 Å². The zero-order valence-electron chi connectivity index (χ0n) is 16.0. The number of aliphatic imine (C=N–C) groups is 1. The minimum Gasteiger partial charge on any atom is -0.494 e. The molecule has 1 aliphatic heterocycles. The van der Waals surface area contributed by atoms with Crippen molar-refractivity contribution >= 4 is 11.8 Å². The molecule has 0 spiro atoms. The molecule has 3 heterocycles. The van der Waals surface area contributed by atoms with E-state index in [0.717, 1.165) is 46.4 Å². The van der Waals surface area contributed by atoms with Crippen molar-refractivity contribution in [1.82, 2.24) is 9.97 Å². The molecule has 5 heteroatoms. The molecular formula is C21H27N3O2. The van der Waals surface area contributed by atoms with E-state index in [2.05, 4.69) is 23.8 Å². The normalized spacial score (nSPS) is 15.3. The van der Waals surface area contributed by atoms with Gasteiger partial charge < -0.3 is 19.4 Å². The summed E-state index contributed by atoms with van der Waals surface area (Å²) in [5.74, 6) is 1.65. The van der Waals surface area contributed by atoms with Crippen molar-refractivity contribution in [2.75, 3.05) is 14.2 Å². The molecule has 26 heavy (non-hydrogen) atoms. The summed E-state index contributed by atoms with van der Waals surface area (Å²) < 4.78 is 11.2. The van der Waals surface area contributed by atoms with Gasteiger partial charge in [0.15, 0.2) is 0 Å². The summed E-state index contributed by atoms with van der Waals surface area (Å²) in [5, 5.41) is 0. The van der Waals surface area contributed by atoms with Crippen LogP contribution in [0.25, 0.3) is 6.08 Å². The third kappa shape index (κ3) is 3.62. The van der Waals surface area contributed by atoms with Gasteiger partial charge in [0.2, 0.25) is 0 Å². The number of aromatic nitrogens is 2. The Balaban J connectivity index is 1.94. The van der Waals surface area contributed by atoms with Crippen LogP contribution >= 0.6 is 0 Å². The molecule has 2 aromatic rings. The van der Waals surface area contributed by atoms with E-state index in [-0.39, 0.29) is 0 Å². The molecular weight excluding hydrogens is 326 g/mol. The molecule has 0 aromatic carbocycles. The molecule has 0 saturated heterocycles. The first-order chi connectivity index (χ1) is 12.7. The number of hydrogen-bond donors (Lipinski definition) is 2. The first-order valence-corrected chi connectivity index (χ1v) is 9.13. The van der Waals surface area contributed by atoms with Crippen LogP contribution in [-0.4, -0.2) is 29.9 Å². The van der Waals surface area contributed by atoms with Gasteiger partial charge in [0.1, 0.15) is 17.2 Å². The minimum absolute atomic E-state index is 0.747. The monoisotopic (exact) mass is 353 g/mol. The summed E-state index contributed by atoms with van der Waals surface area (Å²) in [6.07, 6.45) is 10.5. The zero-order valence-corrected chi connectivity index (χ0v) is 16.0. The molecule has 0 fully saturated rings. The van der Waals surface area contributed by atoms with Crippen molar-refractivity contribution in [3.63, 3.8) is 0 Å². The zero-order chi connectivity index (χ0) is 18.5. The molecule has 2 N–H and O–H groups in total. The first kappa shape index (κ1) is 18.1. The Bertz CT molecular complexity index is 839. The molecule has 0 atom stereocenters. The maximum atomic E-state index is 5.72. The lowest BCUT2D eigenvalue weighted by atomic mass is 10.1. The molecule has 5 nitrogen and oxygen atoms in total. The van der Waals surface area contributed by atoms with E-state index >= 15 is 0 Å². The van der Waals surface area contributed by atoms with Crippen LogP contribution in [0.15, 0.2) is 40.9 Å². The Morgan fingerprint density at radius 1 is 1.19 bits per heavy atom. The van der Waals surface area contributed by atoms with E-state index < -0.39 is 0 Å². The van der Waals surface area contributed by atoms with Gasteiger partial charge >= 0.3 is 0 Å². The number of nitrogens with zero attached hydrogens (tertiary/aromatic N) is 1. The molecule has 1 aliphatic rings. The fourth-order valence-corrected chi connectivity index (χ4v) is 3.30. The van der Waals surface area contributed by atoms with Gasteiger partial charge in [-0.3, -0.25) is 0 Å². The van der Waals surface area contributed by atoms with E-state index in [1.165, 1.54) is 24.8 Å². The number of unbranched alkanes of at least 4 members (excludes halogenated alkanes) is 2. The Morgan fingerprint density at radius 3 is 2.69 bits per heavy atom. The maximum Gasteiger partial charge on any atom is 0.147 e. The van der Waals surface area contributed by atoms with Gasteiger partial charge in [0.25, 0.3) is 0 Å². The second-order valence-corrected chi connectivity index (χ2v) is 6.46. The van der Waals surface area contributed by atoms with Crippen molar-refractivity contribution in [3.8, 4) is 5.75 Å². The standard InChI is InChI=1S/C21H27N3O2/c1-5-6-7-9-15-14(2)23-19(21(15)26-4)12-18-20(25-3)13-17(24-18)16-10-8-11-22-16/h8,10-13,22-23H,5-7,9H2,1-4H3. The molecule has 0 bridgehead atoms. The van der Waals surface area contributed by atoms with Crippen LogP contribution in [0.3, 0.4) is 0 Å². The molecule has 0 amide bonds. The van der Waals surface area contributed by atoms with Gasteiger partial charge in [-0.1, -0.05) is 19.8 Å². The number of aromatic amines is 2. The number of H-pyrrole nitrogens is 2. The molecule has 3 rings (SSSR count). The van der Waals surface area contributed by atoms with E-state index in [0.29, 0.717) is 0 Å². The highest BCUT2D eigenvalue weighted by Gasteiger charge is 2.20. The van der Waals surface area contributed by atoms with Crippen molar-refractivity contribution in [2.24, 2.45) is 4.99 Å². The summed E-state index contributed by atoms with van der Waals surface area (Å²) in [6.45, 7) is 4.32. The Morgan fingerprint density at radius 2 is 2.04 bits per heavy atom. The van der Waals surface area contributed by atoms with E-state index in [1.54, 1.807) is 14.2 Å². The lowest BCUT2D eigenvalue weighted by molar-refractivity contribution is 0.303. The van der Waals surface area contributed by atoms with Crippen molar-refractivity contribution in [2.45, 2.75) is 39.5 Å². The SMILES string of the molecule is CCCCCc1c(C)[nH]c(C=C2N=C(c3ccc[nH]3)C=C2OC)c1OC. The number of methoxy groups -OCH3 is 2. The van der Waals surface area contributed by atoms with Gasteiger partial charge in [-0.05, 0) is 38.0 Å². The predicted octanol–water partition coefficient (Wildman–Crippen LogP) is 4.77. The lowest BCUT2D eigenvalue weighted by Crippen LogP contribution is -1.93. The predicted molar refractivity (Wildman–Crippen MR) is 106 cm³/mol. The van der Waals surface area contributed by atoms with Crippen LogP contribution in [0.1, 0.15) is 48.8 Å². The summed E-state index contributed by atoms with van der Waals surface area (Å²) >= 11 is 0. The van der Waals surface area contributed by atoms with Crippen LogP contribution in [0.4, 0.5) is 0 Å². The van der Waals surface area contributed by atoms with Crippen LogP contribution in [0.5, 0.6) is 5.75 Å². The van der Waals surface area contributed by atoms with E-state index in [4.69, 9.17) is 14.5 Å². The maximum absolute atomic E-state index is 5.72. The Kier molecular flexibility index (Phi) is 5.66. The van der Waals surface area contributed by atoms with E-state index in [9.17, 15) is 0 Å². The first-order valence-electron chi connectivity index (χ1n) is 9.13. The Hall–Kier alpha value is -2.69. The third-order valence-corrected chi connectivity index (χ3v) is 4.66.